The summed E-state index contributed by atoms with van der Waals surface area (Å²) in [5.41, 5.74) is 4.48. The predicted molar refractivity (Wildman–Crippen MR) is 101 cm³/mol. The van der Waals surface area contributed by atoms with Crippen molar-refractivity contribution in [3.05, 3.63) is 48.3 Å². The highest BCUT2D eigenvalue weighted by Gasteiger charge is 2.07. The number of nitrogens with zero attached hydrogens (tertiary/aromatic N) is 3. The van der Waals surface area contributed by atoms with E-state index in [1.54, 1.807) is 17.6 Å². The Kier molecular flexibility index (Phi) is 5.32. The van der Waals surface area contributed by atoms with Gasteiger partial charge in [-0.3, -0.25) is 4.79 Å². The van der Waals surface area contributed by atoms with Gasteiger partial charge in [0.15, 0.2) is 4.34 Å². The van der Waals surface area contributed by atoms with Gasteiger partial charge < -0.3 is 4.57 Å². The number of hydrogen-bond donors (Lipinski definition) is 1. The number of aromatic nitrogens is 2. The van der Waals surface area contributed by atoms with Crippen molar-refractivity contribution < 1.29 is 4.79 Å². The van der Waals surface area contributed by atoms with Gasteiger partial charge >= 0.3 is 0 Å². The fraction of sp³-hybridized carbons (Fsp3) is 0.235. The molecule has 1 aromatic carbocycles. The van der Waals surface area contributed by atoms with Gasteiger partial charge in [0.1, 0.15) is 0 Å². The summed E-state index contributed by atoms with van der Waals surface area (Å²) in [6.07, 6.45) is 5.64. The molecule has 5 nitrogen and oxygen atoms in total. The van der Waals surface area contributed by atoms with Gasteiger partial charge in [0, 0.05) is 24.0 Å². The molecule has 0 aliphatic rings. The molecule has 1 N–H and O–H groups in total. The number of thioether (sulfide) groups is 1. The number of hydrazone groups is 1. The number of para-hydroxylation sites is 1. The average Bonchev–Trinajstić information content (AvgIpc) is 3.19. The third-order valence-corrected chi connectivity index (χ3v) is 5.52. The van der Waals surface area contributed by atoms with Crippen LogP contribution in [0.1, 0.15) is 25.5 Å². The van der Waals surface area contributed by atoms with Crippen molar-refractivity contribution in [2.24, 2.45) is 5.10 Å². The van der Waals surface area contributed by atoms with Crippen molar-refractivity contribution >= 4 is 45.4 Å². The van der Waals surface area contributed by atoms with Crippen LogP contribution < -0.4 is 5.43 Å². The molecule has 3 aromatic rings. The summed E-state index contributed by atoms with van der Waals surface area (Å²) in [6, 6.07) is 10.3. The predicted octanol–water partition coefficient (Wildman–Crippen LogP) is 3.92. The van der Waals surface area contributed by atoms with E-state index in [1.807, 2.05) is 42.7 Å². The van der Waals surface area contributed by atoms with Crippen molar-refractivity contribution in [1.29, 1.82) is 0 Å². The molecule has 0 saturated carbocycles. The maximum Gasteiger partial charge on any atom is 0.250 e. The Bertz CT molecular complexity index is 833. The summed E-state index contributed by atoms with van der Waals surface area (Å²) in [5.74, 6) is 0.156. The van der Waals surface area contributed by atoms with E-state index in [1.165, 1.54) is 11.8 Å². The monoisotopic (exact) mass is 358 g/mol. The van der Waals surface area contributed by atoms with Crippen LogP contribution in [-0.4, -0.2) is 27.4 Å². The summed E-state index contributed by atoms with van der Waals surface area (Å²) >= 11 is 3.02. The third-order valence-electron chi connectivity index (χ3n) is 3.34. The highest BCUT2D eigenvalue weighted by atomic mass is 32.2. The second-order valence-corrected chi connectivity index (χ2v) is 7.77. The van der Waals surface area contributed by atoms with Crippen molar-refractivity contribution in [1.82, 2.24) is 15.0 Å². The topological polar surface area (TPSA) is 59.3 Å². The molecule has 0 aliphatic heterocycles. The number of benzene rings is 1. The Morgan fingerprint density at radius 2 is 2.25 bits per heavy atom. The summed E-state index contributed by atoms with van der Waals surface area (Å²) < 4.78 is 4.11. The van der Waals surface area contributed by atoms with Crippen LogP contribution in [0.3, 0.4) is 0 Å². The van der Waals surface area contributed by atoms with Gasteiger partial charge in [-0.1, -0.05) is 23.9 Å². The zero-order valence-corrected chi connectivity index (χ0v) is 15.1. The fourth-order valence-electron chi connectivity index (χ4n) is 2.08. The summed E-state index contributed by atoms with van der Waals surface area (Å²) in [6.45, 7) is 4.23. The molecule has 0 fully saturated rings. The molecule has 0 spiro atoms. The molecule has 3 rings (SSSR count). The van der Waals surface area contributed by atoms with Crippen molar-refractivity contribution in [3.8, 4) is 0 Å². The molecular formula is C17H18N4OS2. The van der Waals surface area contributed by atoms with Gasteiger partial charge in [-0.15, -0.1) is 11.3 Å². The van der Waals surface area contributed by atoms with Crippen LogP contribution >= 0.6 is 23.1 Å². The molecule has 0 atom stereocenters. The maximum atomic E-state index is 11.9. The number of nitrogens with one attached hydrogen (secondary N) is 1. The molecule has 7 heteroatoms. The third kappa shape index (κ3) is 4.24. The second-order valence-electron chi connectivity index (χ2n) is 5.52. The van der Waals surface area contributed by atoms with Crippen LogP contribution in [-0.2, 0) is 4.79 Å². The zero-order valence-electron chi connectivity index (χ0n) is 13.5. The molecule has 24 heavy (non-hydrogen) atoms. The highest BCUT2D eigenvalue weighted by molar-refractivity contribution is 8.01. The van der Waals surface area contributed by atoms with Gasteiger partial charge in [0.2, 0.25) is 0 Å². The number of rotatable bonds is 6. The smallest absolute Gasteiger partial charge is 0.250 e. The molecule has 0 radical (unpaired) electrons. The van der Waals surface area contributed by atoms with Gasteiger partial charge in [-0.05, 0) is 32.0 Å². The van der Waals surface area contributed by atoms with E-state index >= 15 is 0 Å². The molecule has 1 amide bonds. The Balaban J connectivity index is 1.49. The van der Waals surface area contributed by atoms with Crippen LogP contribution in [0.4, 0.5) is 0 Å². The zero-order chi connectivity index (χ0) is 16.9. The second kappa shape index (κ2) is 7.63. The first-order valence-corrected chi connectivity index (χ1v) is 9.40. The first-order chi connectivity index (χ1) is 11.6. The lowest BCUT2D eigenvalue weighted by atomic mass is 10.3. The maximum absolute atomic E-state index is 11.9. The van der Waals surface area contributed by atoms with E-state index in [0.29, 0.717) is 11.8 Å². The molecule has 0 bridgehead atoms. The molecule has 124 valence electrons. The van der Waals surface area contributed by atoms with Crippen LogP contribution in [0.15, 0.2) is 52.2 Å². The minimum absolute atomic E-state index is 0.140. The number of fused-ring (bicyclic) bond motifs is 1. The first kappa shape index (κ1) is 16.7. The summed E-state index contributed by atoms with van der Waals surface area (Å²) in [7, 11) is 0. The number of carbonyl (C=O) groups is 1. The summed E-state index contributed by atoms with van der Waals surface area (Å²) in [5, 5.41) is 4.00. The van der Waals surface area contributed by atoms with Crippen molar-refractivity contribution in [3.63, 3.8) is 0 Å². The lowest BCUT2D eigenvalue weighted by Crippen LogP contribution is -2.19. The van der Waals surface area contributed by atoms with E-state index < -0.39 is 0 Å². The van der Waals surface area contributed by atoms with Gasteiger partial charge in [-0.2, -0.15) is 5.10 Å². The van der Waals surface area contributed by atoms with Crippen LogP contribution in [0.25, 0.3) is 10.2 Å². The van der Waals surface area contributed by atoms with Crippen molar-refractivity contribution in [2.45, 2.75) is 24.2 Å². The lowest BCUT2D eigenvalue weighted by Gasteiger charge is -2.04. The normalized spacial score (nSPS) is 11.6. The van der Waals surface area contributed by atoms with E-state index in [9.17, 15) is 4.79 Å². The molecule has 2 heterocycles. The Labute approximate surface area is 148 Å². The number of hydrogen-bond acceptors (Lipinski definition) is 5. The van der Waals surface area contributed by atoms with E-state index in [-0.39, 0.29) is 5.91 Å². The molecule has 0 saturated heterocycles. The SMILES string of the molecule is CC(C)n1ccc(/C=N/NC(=O)CSc2nc3ccccc3s2)c1. The highest BCUT2D eigenvalue weighted by Crippen LogP contribution is 2.28. The fourth-order valence-corrected chi connectivity index (χ4v) is 3.94. The Morgan fingerprint density at radius 1 is 1.42 bits per heavy atom. The van der Waals surface area contributed by atoms with E-state index in [2.05, 4.69) is 33.9 Å². The lowest BCUT2D eigenvalue weighted by molar-refractivity contribution is -0.118. The molecule has 2 aromatic heterocycles. The standard InChI is InChI=1S/C17H18N4OS2/c1-12(2)21-8-7-13(10-21)9-18-20-16(22)11-23-17-19-14-5-3-4-6-15(14)24-17/h3-10,12H,11H2,1-2H3,(H,20,22)/b18-9+. The van der Waals surface area contributed by atoms with Gasteiger partial charge in [0.25, 0.3) is 5.91 Å². The summed E-state index contributed by atoms with van der Waals surface area (Å²) in [4.78, 5) is 16.4. The molecule has 0 aliphatic carbocycles. The minimum Gasteiger partial charge on any atom is -0.351 e. The number of carbonyl (C=O) groups excluding carboxylic acids is 1. The van der Waals surface area contributed by atoms with Gasteiger partial charge in [-0.25, -0.2) is 10.4 Å². The number of amides is 1. The Hall–Kier alpha value is -2.12. The van der Waals surface area contributed by atoms with Crippen LogP contribution in [0.5, 0.6) is 0 Å². The quantitative estimate of drug-likeness (QED) is 0.413. The largest absolute Gasteiger partial charge is 0.351 e. The van der Waals surface area contributed by atoms with Crippen LogP contribution in [0.2, 0.25) is 0 Å². The van der Waals surface area contributed by atoms with E-state index in [0.717, 1.165) is 20.1 Å². The molecule has 0 unspecified atom stereocenters. The number of thiazole rings is 1. The van der Waals surface area contributed by atoms with Crippen LogP contribution in [0, 0.1) is 0 Å². The minimum atomic E-state index is -0.140. The van der Waals surface area contributed by atoms with Crippen molar-refractivity contribution in [2.75, 3.05) is 5.75 Å². The van der Waals surface area contributed by atoms with E-state index in [4.69, 9.17) is 0 Å². The Morgan fingerprint density at radius 3 is 3.00 bits per heavy atom. The van der Waals surface area contributed by atoms with Gasteiger partial charge in [0.05, 0.1) is 22.2 Å². The first-order valence-electron chi connectivity index (χ1n) is 7.59. The molecular weight excluding hydrogens is 340 g/mol. The average molecular weight is 358 g/mol.